The van der Waals surface area contributed by atoms with E-state index >= 15 is 0 Å². The van der Waals surface area contributed by atoms with Gasteiger partial charge in [0.1, 0.15) is 0 Å². The number of anilines is 2. The molecule has 4 rings (SSSR count). The monoisotopic (exact) mass is 514 g/mol. The van der Waals surface area contributed by atoms with Gasteiger partial charge in [-0.1, -0.05) is 45.1 Å². The van der Waals surface area contributed by atoms with Gasteiger partial charge in [0, 0.05) is 36.3 Å². The maximum atomic E-state index is 5.67. The Bertz CT molecular complexity index is 787. The van der Waals surface area contributed by atoms with Crippen molar-refractivity contribution in [2.45, 2.75) is 90.0 Å². The molecule has 0 atom stereocenters. The van der Waals surface area contributed by atoms with E-state index in [9.17, 15) is 0 Å². The molecule has 6 heteroatoms. The number of piperidine rings is 1. The van der Waals surface area contributed by atoms with Crippen LogP contribution in [-0.4, -0.2) is 48.0 Å². The molecular formula is C29H46N4S2. The number of benzene rings is 1. The van der Waals surface area contributed by atoms with Crippen LogP contribution in [0.2, 0.25) is 0 Å². The molecule has 0 spiro atoms. The molecule has 194 valence electrons. The Labute approximate surface area is 223 Å². The van der Waals surface area contributed by atoms with E-state index in [-0.39, 0.29) is 0 Å². The van der Waals surface area contributed by atoms with Gasteiger partial charge >= 0.3 is 0 Å². The van der Waals surface area contributed by atoms with Crippen LogP contribution in [-0.2, 0) is 0 Å². The Balaban J connectivity index is 1.21. The molecule has 2 aliphatic heterocycles. The van der Waals surface area contributed by atoms with E-state index in [1.165, 1.54) is 100 Å². The number of thiocarbonyl (C=S) groups is 1. The molecular weight excluding hydrogens is 468 g/mol. The molecule has 2 saturated heterocycles. The summed E-state index contributed by atoms with van der Waals surface area (Å²) in [5.74, 6) is 2.04. The summed E-state index contributed by atoms with van der Waals surface area (Å²) in [4.78, 5) is 5.26. The molecule has 1 aromatic carbocycles. The number of nitrogens with one attached hydrogen (secondary N) is 2. The Morgan fingerprint density at radius 1 is 0.914 bits per heavy atom. The molecule has 2 heterocycles. The second kappa shape index (κ2) is 14.5. The highest BCUT2D eigenvalue weighted by Gasteiger charge is 2.26. The highest BCUT2D eigenvalue weighted by Crippen LogP contribution is 2.28. The third-order valence-corrected chi connectivity index (χ3v) is 9.36. The van der Waals surface area contributed by atoms with Crippen molar-refractivity contribution < 1.29 is 0 Å². The van der Waals surface area contributed by atoms with Crippen LogP contribution < -0.4 is 15.5 Å². The summed E-state index contributed by atoms with van der Waals surface area (Å²) in [6.45, 7) is 7.15. The van der Waals surface area contributed by atoms with Crippen LogP contribution in [0.5, 0.6) is 0 Å². The largest absolute Gasteiger partial charge is 0.371 e. The van der Waals surface area contributed by atoms with Crippen LogP contribution in [0.3, 0.4) is 0 Å². The van der Waals surface area contributed by atoms with Gasteiger partial charge in [0.2, 0.25) is 0 Å². The highest BCUT2D eigenvalue weighted by atomic mass is 32.2. The summed E-state index contributed by atoms with van der Waals surface area (Å²) in [5.41, 5.74) is 2.38. The van der Waals surface area contributed by atoms with Gasteiger partial charge in [0.25, 0.3) is 0 Å². The van der Waals surface area contributed by atoms with Gasteiger partial charge in [-0.05, 0) is 100 Å². The minimum absolute atomic E-state index is 0.689. The highest BCUT2D eigenvalue weighted by molar-refractivity contribution is 8.03. The van der Waals surface area contributed by atoms with E-state index in [1.807, 2.05) is 11.8 Å². The zero-order chi connectivity index (χ0) is 24.3. The minimum atomic E-state index is 0.689. The molecule has 1 aromatic rings. The Morgan fingerprint density at radius 3 is 2.23 bits per heavy atom. The topological polar surface area (TPSA) is 30.5 Å². The lowest BCUT2D eigenvalue weighted by Crippen LogP contribution is -2.43. The van der Waals surface area contributed by atoms with Crippen molar-refractivity contribution in [3.8, 4) is 0 Å². The van der Waals surface area contributed by atoms with E-state index in [4.69, 9.17) is 12.2 Å². The molecule has 0 bridgehead atoms. The lowest BCUT2D eigenvalue weighted by atomic mass is 9.93. The van der Waals surface area contributed by atoms with E-state index in [1.54, 1.807) is 0 Å². The first-order valence-electron chi connectivity index (χ1n) is 14.2. The smallest absolute Gasteiger partial charge is 0.175 e. The van der Waals surface area contributed by atoms with Crippen molar-refractivity contribution in [3.63, 3.8) is 0 Å². The lowest BCUT2D eigenvalue weighted by molar-refractivity contribution is 0.208. The van der Waals surface area contributed by atoms with Crippen LogP contribution in [0.1, 0.15) is 84.0 Å². The van der Waals surface area contributed by atoms with Gasteiger partial charge in [-0.2, -0.15) is 0 Å². The maximum absolute atomic E-state index is 5.67. The molecule has 2 N–H and O–H groups in total. The van der Waals surface area contributed by atoms with Gasteiger partial charge in [-0.3, -0.25) is 0 Å². The summed E-state index contributed by atoms with van der Waals surface area (Å²) in [7, 11) is 0. The zero-order valence-corrected chi connectivity index (χ0v) is 23.4. The van der Waals surface area contributed by atoms with Crippen molar-refractivity contribution in [1.29, 1.82) is 0 Å². The number of allylic oxidation sites excluding steroid dienone is 1. The van der Waals surface area contributed by atoms with Gasteiger partial charge in [-0.15, -0.1) is 11.8 Å². The van der Waals surface area contributed by atoms with Crippen LogP contribution in [0.25, 0.3) is 0 Å². The van der Waals surface area contributed by atoms with E-state index in [0.717, 1.165) is 37.2 Å². The first kappa shape index (κ1) is 26.8. The molecule has 0 unspecified atom stereocenters. The predicted molar refractivity (Wildman–Crippen MR) is 158 cm³/mol. The van der Waals surface area contributed by atoms with Gasteiger partial charge < -0.3 is 20.4 Å². The van der Waals surface area contributed by atoms with Crippen LogP contribution in [0.15, 0.2) is 35.4 Å². The van der Waals surface area contributed by atoms with Crippen molar-refractivity contribution in [3.05, 3.63) is 35.4 Å². The molecule has 1 saturated carbocycles. The Morgan fingerprint density at radius 2 is 1.57 bits per heavy atom. The van der Waals surface area contributed by atoms with Crippen LogP contribution >= 0.6 is 24.0 Å². The molecule has 1 aliphatic carbocycles. The van der Waals surface area contributed by atoms with E-state index in [0.29, 0.717) is 5.11 Å². The quantitative estimate of drug-likeness (QED) is 0.352. The number of hydrogen-bond donors (Lipinski definition) is 2. The van der Waals surface area contributed by atoms with E-state index in [2.05, 4.69) is 57.7 Å². The lowest BCUT2D eigenvalue weighted by Gasteiger charge is -2.37. The second-order valence-electron chi connectivity index (χ2n) is 10.6. The fourth-order valence-electron chi connectivity index (χ4n) is 5.87. The normalized spacial score (nSPS) is 21.5. The molecule has 0 aromatic heterocycles. The number of thioether (sulfide) groups is 1. The number of hydrogen-bond acceptors (Lipinski definition) is 4. The molecule has 0 radical (unpaired) electrons. The van der Waals surface area contributed by atoms with Crippen molar-refractivity contribution >= 4 is 40.5 Å². The Hall–Kier alpha value is -1.24. The number of rotatable bonds is 8. The Kier molecular flexibility index (Phi) is 11.1. The van der Waals surface area contributed by atoms with Crippen LogP contribution in [0.4, 0.5) is 11.4 Å². The number of nitrogens with zero attached hydrogens (tertiary/aromatic N) is 2. The predicted octanol–water partition coefficient (Wildman–Crippen LogP) is 7.38. The molecule has 3 aliphatic rings. The van der Waals surface area contributed by atoms with Crippen molar-refractivity contribution in [1.82, 2.24) is 10.2 Å². The number of likely N-dealkylation sites (tertiary alicyclic amines) is 1. The average Bonchev–Trinajstić information content (AvgIpc) is 3.39. The van der Waals surface area contributed by atoms with Crippen LogP contribution in [0, 0.1) is 5.92 Å². The molecule has 4 nitrogen and oxygen atoms in total. The SMILES string of the molecule is CC/C=C(\NC(=S)Nc1ccc(N2CCC(N3CCCC3)CC2)cc1)SCC1CCCCCCC1. The van der Waals surface area contributed by atoms with Crippen molar-refractivity contribution in [2.75, 3.05) is 42.1 Å². The molecule has 35 heavy (non-hydrogen) atoms. The van der Waals surface area contributed by atoms with Gasteiger partial charge in [-0.25, -0.2) is 0 Å². The third kappa shape index (κ3) is 8.68. The minimum Gasteiger partial charge on any atom is -0.371 e. The summed E-state index contributed by atoms with van der Waals surface area (Å²) < 4.78 is 0. The summed E-state index contributed by atoms with van der Waals surface area (Å²) in [5, 5.41) is 8.76. The van der Waals surface area contributed by atoms with Gasteiger partial charge in [0.15, 0.2) is 5.11 Å². The third-order valence-electron chi connectivity index (χ3n) is 7.94. The fourth-order valence-corrected chi connectivity index (χ4v) is 7.37. The summed E-state index contributed by atoms with van der Waals surface area (Å²) >= 11 is 7.62. The zero-order valence-electron chi connectivity index (χ0n) is 21.8. The fraction of sp³-hybridized carbons (Fsp3) is 0.690. The van der Waals surface area contributed by atoms with E-state index < -0.39 is 0 Å². The average molecular weight is 515 g/mol. The summed E-state index contributed by atoms with van der Waals surface area (Å²) in [6.07, 6.45) is 18.5. The standard InChI is InChI=1S/C29H46N4S2/c1-2-10-28(35-23-24-11-6-4-3-5-7-12-24)31-29(34)30-25-13-15-26(16-14-25)33-21-17-27(18-22-33)32-19-8-9-20-32/h10,13-16,24,27H,2-9,11-12,17-23H2,1H3,(H2,30,31,34)/b28-10+. The van der Waals surface area contributed by atoms with Crippen molar-refractivity contribution in [2.24, 2.45) is 5.92 Å². The summed E-state index contributed by atoms with van der Waals surface area (Å²) in [6, 6.07) is 9.62. The molecule has 0 amide bonds. The molecule has 3 fully saturated rings. The maximum Gasteiger partial charge on any atom is 0.175 e. The second-order valence-corrected chi connectivity index (χ2v) is 12.1. The van der Waals surface area contributed by atoms with Gasteiger partial charge in [0.05, 0.1) is 5.03 Å². The first-order chi connectivity index (χ1) is 17.2. The first-order valence-corrected chi connectivity index (χ1v) is 15.6.